The Hall–Kier alpha value is -0.440. The monoisotopic (exact) mass is 242 g/mol. The lowest BCUT2D eigenvalue weighted by Crippen LogP contribution is -2.54. The largest absolute Gasteiger partial charge is 0.436 e. The molecular formula is C5H4F6O2S. The Morgan fingerprint density at radius 2 is 1.36 bits per heavy atom. The third kappa shape index (κ3) is 2.53. The summed E-state index contributed by atoms with van der Waals surface area (Å²) in [4.78, 5) is 5.12. The molecule has 0 unspecified atom stereocenters. The first-order chi connectivity index (χ1) is 5.92. The minimum atomic E-state index is -5.96. The molecule has 0 aromatic carbocycles. The summed E-state index contributed by atoms with van der Waals surface area (Å²) in [6, 6.07) is 0. The van der Waals surface area contributed by atoms with Crippen LogP contribution in [0.25, 0.3) is 0 Å². The molecule has 0 aliphatic carbocycles. The Morgan fingerprint density at radius 3 is 1.43 bits per heavy atom. The van der Waals surface area contributed by atoms with Crippen molar-refractivity contribution in [3.05, 3.63) is 0 Å². The van der Waals surface area contributed by atoms with Crippen molar-refractivity contribution < 1.29 is 36.2 Å². The van der Waals surface area contributed by atoms with Crippen molar-refractivity contribution in [1.82, 2.24) is 0 Å². The zero-order valence-corrected chi connectivity index (χ0v) is 7.35. The number of carbonyl (C=O) groups is 1. The van der Waals surface area contributed by atoms with Crippen molar-refractivity contribution in [2.24, 2.45) is 0 Å². The zero-order chi connectivity index (χ0) is 11.8. The maximum Gasteiger partial charge on any atom is 0.436 e. The summed E-state index contributed by atoms with van der Waals surface area (Å²) in [7, 11) is 0. The number of rotatable bonds is 1. The molecule has 0 aliphatic heterocycles. The maximum atomic E-state index is 11.8. The van der Waals surface area contributed by atoms with Crippen molar-refractivity contribution >= 4 is 16.9 Å². The minimum Gasteiger partial charge on any atom is -0.364 e. The number of alkyl halides is 6. The van der Waals surface area contributed by atoms with Crippen LogP contribution >= 0.6 is 11.8 Å². The molecule has 1 N–H and O–H groups in total. The summed E-state index contributed by atoms with van der Waals surface area (Å²) < 4.78 is 70.9. The van der Waals surface area contributed by atoms with Crippen LogP contribution in [0.15, 0.2) is 0 Å². The Morgan fingerprint density at radius 1 is 1.07 bits per heavy atom. The van der Waals surface area contributed by atoms with Crippen molar-refractivity contribution in [3.8, 4) is 0 Å². The minimum absolute atomic E-state index is 0.493. The average Bonchev–Trinajstić information content (AvgIpc) is 1.79. The molecule has 0 amide bonds. The van der Waals surface area contributed by atoms with E-state index in [0.29, 0.717) is 6.92 Å². The molecule has 0 radical (unpaired) electrons. The SMILES string of the molecule is CC(=O)SC(O)(C(F)(F)F)C(F)(F)F. The highest BCUT2D eigenvalue weighted by Gasteiger charge is 2.71. The molecule has 0 spiro atoms. The van der Waals surface area contributed by atoms with Crippen molar-refractivity contribution in [3.63, 3.8) is 0 Å². The van der Waals surface area contributed by atoms with Gasteiger partial charge in [-0.15, -0.1) is 0 Å². The molecule has 0 aliphatic rings. The van der Waals surface area contributed by atoms with Gasteiger partial charge >= 0.3 is 17.3 Å². The van der Waals surface area contributed by atoms with Gasteiger partial charge < -0.3 is 5.11 Å². The normalized spacial score (nSPS) is 14.3. The standard InChI is InChI=1S/C5H4F6O2S/c1-2(12)14-3(13,4(6,7)8)5(9,10)11/h13H,1H3. The lowest BCUT2D eigenvalue weighted by Gasteiger charge is -2.30. The number of thioether (sulfide) groups is 1. The first kappa shape index (κ1) is 13.6. The third-order valence-corrected chi connectivity index (χ3v) is 2.11. The van der Waals surface area contributed by atoms with Gasteiger partial charge in [-0.1, -0.05) is 0 Å². The molecule has 0 rings (SSSR count). The topological polar surface area (TPSA) is 37.3 Å². The number of carbonyl (C=O) groups excluding carboxylic acids is 1. The van der Waals surface area contributed by atoms with Crippen LogP contribution in [0.3, 0.4) is 0 Å². The first-order valence-corrected chi connectivity index (χ1v) is 3.79. The van der Waals surface area contributed by atoms with E-state index < -0.39 is 34.2 Å². The van der Waals surface area contributed by atoms with Crippen LogP contribution in [0.2, 0.25) is 0 Å². The summed E-state index contributed by atoms with van der Waals surface area (Å²) in [6.07, 6.45) is -11.9. The smallest absolute Gasteiger partial charge is 0.364 e. The van der Waals surface area contributed by atoms with Crippen LogP contribution in [0.4, 0.5) is 26.3 Å². The molecule has 0 bridgehead atoms. The Labute approximate surface area is 78.3 Å². The van der Waals surface area contributed by atoms with Crippen LogP contribution in [0.1, 0.15) is 6.92 Å². The highest BCUT2D eigenvalue weighted by atomic mass is 32.2. The molecule has 0 heterocycles. The van der Waals surface area contributed by atoms with Gasteiger partial charge in [-0.3, -0.25) is 4.79 Å². The van der Waals surface area contributed by atoms with Gasteiger partial charge in [0.1, 0.15) is 0 Å². The van der Waals surface area contributed by atoms with E-state index in [-0.39, 0.29) is 0 Å². The quantitative estimate of drug-likeness (QED) is 0.565. The second-order valence-corrected chi connectivity index (χ2v) is 3.60. The molecule has 0 aromatic heterocycles. The molecule has 2 nitrogen and oxygen atoms in total. The molecule has 0 atom stereocenters. The zero-order valence-electron chi connectivity index (χ0n) is 6.53. The number of hydrogen-bond acceptors (Lipinski definition) is 3. The molecule has 14 heavy (non-hydrogen) atoms. The van der Waals surface area contributed by atoms with Crippen LogP contribution in [-0.4, -0.2) is 27.5 Å². The molecule has 84 valence electrons. The fourth-order valence-corrected chi connectivity index (χ4v) is 1.13. The fraction of sp³-hybridized carbons (Fsp3) is 0.800. The predicted octanol–water partition coefficient (Wildman–Crippen LogP) is 2.08. The van der Waals surface area contributed by atoms with Crippen molar-refractivity contribution in [2.75, 3.05) is 0 Å². The fourth-order valence-electron chi connectivity index (χ4n) is 0.484. The van der Waals surface area contributed by atoms with Crippen molar-refractivity contribution in [1.29, 1.82) is 0 Å². The van der Waals surface area contributed by atoms with Gasteiger partial charge in [-0.2, -0.15) is 26.3 Å². The second-order valence-electron chi connectivity index (χ2n) is 2.23. The highest BCUT2D eigenvalue weighted by molar-refractivity contribution is 8.14. The summed E-state index contributed by atoms with van der Waals surface area (Å²) in [6.45, 7) is 0.493. The lowest BCUT2D eigenvalue weighted by atomic mass is 10.3. The van der Waals surface area contributed by atoms with Gasteiger partial charge in [0, 0.05) is 6.92 Å². The summed E-state index contributed by atoms with van der Waals surface area (Å²) in [5, 5.41) is 6.86. The van der Waals surface area contributed by atoms with E-state index in [2.05, 4.69) is 0 Å². The maximum absolute atomic E-state index is 11.8. The summed E-state index contributed by atoms with van der Waals surface area (Å²) in [5.41, 5.74) is 0. The van der Waals surface area contributed by atoms with Gasteiger partial charge in [0.25, 0.3) is 0 Å². The first-order valence-electron chi connectivity index (χ1n) is 2.97. The van der Waals surface area contributed by atoms with Gasteiger partial charge in [0.2, 0.25) is 0 Å². The van der Waals surface area contributed by atoms with Crippen molar-refractivity contribution in [2.45, 2.75) is 24.2 Å². The summed E-state index contributed by atoms with van der Waals surface area (Å²) in [5.74, 6) is 0. The summed E-state index contributed by atoms with van der Waals surface area (Å²) >= 11 is -1.22. The van der Waals surface area contributed by atoms with Gasteiger partial charge in [0.15, 0.2) is 5.12 Å². The van der Waals surface area contributed by atoms with Gasteiger partial charge in [-0.05, 0) is 11.8 Å². The van der Waals surface area contributed by atoms with Crippen LogP contribution < -0.4 is 0 Å². The van der Waals surface area contributed by atoms with Crippen LogP contribution in [-0.2, 0) is 4.79 Å². The molecular weight excluding hydrogens is 238 g/mol. The van der Waals surface area contributed by atoms with Crippen LogP contribution in [0, 0.1) is 0 Å². The van der Waals surface area contributed by atoms with E-state index in [4.69, 9.17) is 5.11 Å². The lowest BCUT2D eigenvalue weighted by molar-refractivity contribution is -0.327. The van der Waals surface area contributed by atoms with E-state index in [1.807, 2.05) is 0 Å². The van der Waals surface area contributed by atoms with E-state index >= 15 is 0 Å². The molecule has 0 fully saturated rings. The van der Waals surface area contributed by atoms with Gasteiger partial charge in [0.05, 0.1) is 0 Å². The highest BCUT2D eigenvalue weighted by Crippen LogP contribution is 2.50. The number of hydrogen-bond donors (Lipinski definition) is 1. The molecule has 0 saturated carbocycles. The molecule has 0 aromatic rings. The van der Waals surface area contributed by atoms with E-state index in [9.17, 15) is 31.1 Å². The average molecular weight is 242 g/mol. The van der Waals surface area contributed by atoms with Crippen LogP contribution in [0.5, 0.6) is 0 Å². The third-order valence-electron chi connectivity index (χ3n) is 1.06. The second kappa shape index (κ2) is 3.61. The van der Waals surface area contributed by atoms with E-state index in [1.165, 1.54) is 0 Å². The van der Waals surface area contributed by atoms with E-state index in [1.54, 1.807) is 0 Å². The Kier molecular flexibility index (Phi) is 3.50. The number of aliphatic hydroxyl groups is 1. The Balaban J connectivity index is 5.18. The predicted molar refractivity (Wildman–Crippen MR) is 35.3 cm³/mol. The van der Waals surface area contributed by atoms with Gasteiger partial charge in [-0.25, -0.2) is 0 Å². The molecule has 9 heteroatoms. The number of halogens is 6. The Bertz CT molecular complexity index is 217. The molecule has 0 saturated heterocycles. The van der Waals surface area contributed by atoms with E-state index in [0.717, 1.165) is 0 Å².